The lowest BCUT2D eigenvalue weighted by molar-refractivity contribution is -0.143. The molecule has 14 heavy (non-hydrogen) atoms. The fraction of sp³-hybridized carbons (Fsp3) is 0.750. The Labute approximate surface area is 87.8 Å². The van der Waals surface area contributed by atoms with Crippen molar-refractivity contribution in [1.82, 2.24) is 10.4 Å². The Hall–Kier alpha value is -0.590. The Morgan fingerprint density at radius 3 is 2.86 bits per heavy atom. The van der Waals surface area contributed by atoms with Crippen LogP contribution in [0, 0.1) is 0 Å². The highest BCUT2D eigenvalue weighted by atomic mass is 32.1. The van der Waals surface area contributed by atoms with E-state index in [2.05, 4.69) is 18.1 Å². The van der Waals surface area contributed by atoms with E-state index in [9.17, 15) is 9.59 Å². The highest BCUT2D eigenvalue weighted by Gasteiger charge is 2.29. The molecule has 0 amide bonds. The van der Waals surface area contributed by atoms with Gasteiger partial charge in [0.25, 0.3) is 0 Å². The van der Waals surface area contributed by atoms with E-state index in [1.165, 1.54) is 0 Å². The molecule has 1 fully saturated rings. The minimum Gasteiger partial charge on any atom is -0.480 e. The molecule has 0 bridgehead atoms. The number of hydrogen-bond donors (Lipinski definition) is 3. The molecule has 0 spiro atoms. The average molecular weight is 218 g/mol. The van der Waals surface area contributed by atoms with Gasteiger partial charge in [0.2, 0.25) is 0 Å². The van der Waals surface area contributed by atoms with Crippen LogP contribution in [0.5, 0.6) is 0 Å². The van der Waals surface area contributed by atoms with Gasteiger partial charge in [0.15, 0.2) is 5.12 Å². The van der Waals surface area contributed by atoms with Gasteiger partial charge in [0.1, 0.15) is 6.04 Å². The molecule has 0 aromatic carbocycles. The number of carboxylic acids is 1. The molecule has 1 rings (SSSR count). The number of aliphatic carboxylic acids is 1. The normalized spacial score (nSPS) is 22.5. The topological polar surface area (TPSA) is 69.6 Å². The number of nitrogens with zero attached hydrogens (tertiary/aromatic N) is 1. The smallest absolute Gasteiger partial charge is 0.322 e. The maximum absolute atomic E-state index is 10.7. The summed E-state index contributed by atoms with van der Waals surface area (Å²) < 4.78 is 0. The lowest BCUT2D eigenvalue weighted by Gasteiger charge is -2.21. The molecular weight excluding hydrogens is 204 g/mol. The third-order valence-electron chi connectivity index (χ3n) is 2.19. The average Bonchev–Trinajstić information content (AvgIpc) is 2.51. The van der Waals surface area contributed by atoms with Gasteiger partial charge in [-0.3, -0.25) is 15.0 Å². The largest absolute Gasteiger partial charge is 0.480 e. The molecule has 0 radical (unpaired) electrons. The van der Waals surface area contributed by atoms with Crippen LogP contribution >= 0.6 is 12.6 Å². The minimum absolute atomic E-state index is 0.191. The van der Waals surface area contributed by atoms with Crippen LogP contribution < -0.4 is 5.43 Å². The van der Waals surface area contributed by atoms with Crippen LogP contribution in [-0.4, -0.2) is 40.3 Å². The maximum atomic E-state index is 10.7. The zero-order chi connectivity index (χ0) is 10.6. The van der Waals surface area contributed by atoms with Gasteiger partial charge < -0.3 is 5.11 Å². The van der Waals surface area contributed by atoms with Crippen molar-refractivity contribution in [3.05, 3.63) is 0 Å². The van der Waals surface area contributed by atoms with Crippen LogP contribution in [0.3, 0.4) is 0 Å². The van der Waals surface area contributed by atoms with Crippen LogP contribution in [0.2, 0.25) is 0 Å². The fourth-order valence-corrected chi connectivity index (χ4v) is 1.63. The van der Waals surface area contributed by atoms with Crippen molar-refractivity contribution in [3.8, 4) is 0 Å². The number of thiol groups is 1. The second-order valence-corrected chi connectivity index (χ2v) is 3.74. The van der Waals surface area contributed by atoms with Crippen LogP contribution in [0.25, 0.3) is 0 Å². The first-order valence-electron chi connectivity index (χ1n) is 4.56. The van der Waals surface area contributed by atoms with Crippen LogP contribution in [-0.2, 0) is 9.59 Å². The van der Waals surface area contributed by atoms with Crippen molar-refractivity contribution < 1.29 is 14.7 Å². The lowest BCUT2D eigenvalue weighted by Crippen LogP contribution is -2.46. The van der Waals surface area contributed by atoms with Gasteiger partial charge in [-0.05, 0) is 12.8 Å². The van der Waals surface area contributed by atoms with Gasteiger partial charge in [-0.1, -0.05) is 0 Å². The first-order chi connectivity index (χ1) is 6.61. The van der Waals surface area contributed by atoms with E-state index in [1.54, 1.807) is 5.01 Å². The van der Waals surface area contributed by atoms with Crippen LogP contribution in [0.1, 0.15) is 19.3 Å². The molecule has 1 aliphatic heterocycles. The Morgan fingerprint density at radius 1 is 1.57 bits per heavy atom. The van der Waals surface area contributed by atoms with Gasteiger partial charge in [-0.15, -0.1) is 12.6 Å². The second-order valence-electron chi connectivity index (χ2n) is 3.24. The summed E-state index contributed by atoms with van der Waals surface area (Å²) in [4.78, 5) is 21.3. The number of carbonyl (C=O) groups is 2. The summed E-state index contributed by atoms with van der Waals surface area (Å²) >= 11 is 3.62. The van der Waals surface area contributed by atoms with E-state index in [1.807, 2.05) is 0 Å². The Morgan fingerprint density at radius 2 is 2.29 bits per heavy atom. The van der Waals surface area contributed by atoms with E-state index in [4.69, 9.17) is 5.11 Å². The third-order valence-corrected chi connectivity index (χ3v) is 2.42. The fourth-order valence-electron chi connectivity index (χ4n) is 1.52. The summed E-state index contributed by atoms with van der Waals surface area (Å²) in [5.41, 5.74) is 2.93. The van der Waals surface area contributed by atoms with Gasteiger partial charge in [-0.2, -0.15) is 0 Å². The molecule has 0 aliphatic carbocycles. The van der Waals surface area contributed by atoms with Gasteiger partial charge in [-0.25, -0.2) is 5.01 Å². The number of hydrogen-bond acceptors (Lipinski definition) is 4. The molecule has 1 heterocycles. The number of hydrazine groups is 1. The standard InChI is InChI=1S/C8H14N2O3S/c11-7(14)3-4-9-10-5-1-2-6(10)8(12)13/h6,9H,1-5H2,(H,11,14)(H,12,13)/t6-/m0/s1. The summed E-state index contributed by atoms with van der Waals surface area (Å²) in [6.07, 6.45) is 1.85. The Balaban J connectivity index is 2.29. The van der Waals surface area contributed by atoms with E-state index in [-0.39, 0.29) is 5.12 Å². The molecule has 0 aromatic heterocycles. The van der Waals surface area contributed by atoms with Crippen molar-refractivity contribution in [2.24, 2.45) is 0 Å². The lowest BCUT2D eigenvalue weighted by atomic mass is 10.2. The van der Waals surface area contributed by atoms with Gasteiger partial charge >= 0.3 is 5.97 Å². The summed E-state index contributed by atoms with van der Waals surface area (Å²) in [5, 5.41) is 10.3. The molecule has 0 saturated carbocycles. The van der Waals surface area contributed by atoms with Crippen molar-refractivity contribution in [2.45, 2.75) is 25.3 Å². The molecule has 1 saturated heterocycles. The second kappa shape index (κ2) is 5.33. The molecule has 80 valence electrons. The predicted molar refractivity (Wildman–Crippen MR) is 54.0 cm³/mol. The first-order valence-corrected chi connectivity index (χ1v) is 5.00. The van der Waals surface area contributed by atoms with Crippen LogP contribution in [0.15, 0.2) is 0 Å². The molecule has 5 nitrogen and oxygen atoms in total. The molecule has 0 aromatic rings. The summed E-state index contributed by atoms with van der Waals surface area (Å²) in [6.45, 7) is 1.17. The summed E-state index contributed by atoms with van der Waals surface area (Å²) in [5.74, 6) is -0.813. The predicted octanol–water partition coefficient (Wildman–Crippen LogP) is -0.113. The first kappa shape index (κ1) is 11.5. The number of carbonyl (C=O) groups excluding carboxylic acids is 1. The Bertz CT molecular complexity index is 235. The van der Waals surface area contributed by atoms with Gasteiger partial charge in [0, 0.05) is 19.5 Å². The van der Waals surface area contributed by atoms with E-state index >= 15 is 0 Å². The van der Waals surface area contributed by atoms with Crippen molar-refractivity contribution in [2.75, 3.05) is 13.1 Å². The summed E-state index contributed by atoms with van der Waals surface area (Å²) in [7, 11) is 0. The van der Waals surface area contributed by atoms with E-state index < -0.39 is 12.0 Å². The monoisotopic (exact) mass is 218 g/mol. The SMILES string of the molecule is O=C(S)CCNN1CCC[C@H]1C(=O)O. The molecule has 1 aliphatic rings. The van der Waals surface area contributed by atoms with E-state index in [0.717, 1.165) is 13.0 Å². The van der Waals surface area contributed by atoms with Crippen molar-refractivity contribution in [1.29, 1.82) is 0 Å². The molecular formula is C8H14N2O3S. The zero-order valence-corrected chi connectivity index (χ0v) is 8.67. The zero-order valence-electron chi connectivity index (χ0n) is 7.77. The number of rotatable bonds is 5. The summed E-state index contributed by atoms with van der Waals surface area (Å²) in [6, 6.07) is -0.454. The quantitative estimate of drug-likeness (QED) is 0.562. The molecule has 1 atom stereocenters. The number of carboxylic acid groups (broad SMARTS) is 1. The van der Waals surface area contributed by atoms with Gasteiger partial charge in [0.05, 0.1) is 0 Å². The molecule has 6 heteroatoms. The molecule has 0 unspecified atom stereocenters. The van der Waals surface area contributed by atoms with Crippen molar-refractivity contribution >= 4 is 23.7 Å². The van der Waals surface area contributed by atoms with E-state index in [0.29, 0.717) is 19.4 Å². The van der Waals surface area contributed by atoms with Crippen molar-refractivity contribution in [3.63, 3.8) is 0 Å². The maximum Gasteiger partial charge on any atom is 0.322 e. The van der Waals surface area contributed by atoms with Crippen LogP contribution in [0.4, 0.5) is 0 Å². The Kier molecular flexibility index (Phi) is 4.37. The third kappa shape index (κ3) is 3.28. The highest BCUT2D eigenvalue weighted by molar-refractivity contribution is 7.96. The highest BCUT2D eigenvalue weighted by Crippen LogP contribution is 2.14. The minimum atomic E-state index is -0.813. The number of nitrogens with one attached hydrogen (secondary N) is 1. The molecule has 2 N–H and O–H groups in total.